The zero-order valence-electron chi connectivity index (χ0n) is 39.7. The fourth-order valence-corrected chi connectivity index (χ4v) is 7.14. The monoisotopic (exact) mass is 845 g/mol. The van der Waals surface area contributed by atoms with Gasteiger partial charge in [0.25, 0.3) is 0 Å². The van der Waals surface area contributed by atoms with Crippen LogP contribution in [0, 0.1) is 0 Å². The molecule has 1 N–H and O–H groups in total. The van der Waals surface area contributed by atoms with Crippen LogP contribution in [0.15, 0.2) is 48.6 Å². The van der Waals surface area contributed by atoms with Crippen molar-refractivity contribution >= 4 is 17.9 Å². The van der Waals surface area contributed by atoms with E-state index in [0.717, 1.165) is 44.9 Å². The Morgan fingerprint density at radius 2 is 0.900 bits per heavy atom. The molecule has 0 amide bonds. The summed E-state index contributed by atoms with van der Waals surface area (Å²) in [7, 11) is 5.52. The molecule has 2 unspecified atom stereocenters. The van der Waals surface area contributed by atoms with Gasteiger partial charge in [0.05, 0.1) is 34.4 Å². The van der Waals surface area contributed by atoms with Gasteiger partial charge in [-0.1, -0.05) is 191 Å². The lowest BCUT2D eigenvalue weighted by molar-refractivity contribution is -0.887. The summed E-state index contributed by atoms with van der Waals surface area (Å²) in [6.45, 7) is 4.67. The first-order chi connectivity index (χ1) is 29.1. The average molecular weight is 845 g/mol. The summed E-state index contributed by atoms with van der Waals surface area (Å²) in [6, 6.07) is -0.622. The zero-order chi connectivity index (χ0) is 44.2. The van der Waals surface area contributed by atoms with E-state index in [1.54, 1.807) is 0 Å². The minimum atomic E-state index is -0.881. The molecule has 0 spiro atoms. The number of rotatable bonds is 44. The Morgan fingerprint density at radius 1 is 0.500 bits per heavy atom. The summed E-state index contributed by atoms with van der Waals surface area (Å²) < 4.78 is 17.3. The lowest BCUT2D eigenvalue weighted by Gasteiger charge is -2.31. The second-order valence-corrected chi connectivity index (χ2v) is 17.7. The van der Waals surface area contributed by atoms with Crippen LogP contribution in [0.25, 0.3) is 0 Å². The minimum Gasteiger partial charge on any atom is -0.477 e. The van der Waals surface area contributed by atoms with Crippen molar-refractivity contribution in [1.82, 2.24) is 0 Å². The zero-order valence-corrected chi connectivity index (χ0v) is 39.7. The number of allylic oxidation sites excluding steroid dienone is 8. The summed E-state index contributed by atoms with van der Waals surface area (Å²) in [5.74, 6) is -1.53. The van der Waals surface area contributed by atoms with E-state index in [1.165, 1.54) is 128 Å². The molecular weight excluding hydrogens is 751 g/mol. The van der Waals surface area contributed by atoms with Crippen molar-refractivity contribution in [2.75, 3.05) is 41.0 Å². The van der Waals surface area contributed by atoms with Gasteiger partial charge in [0.15, 0.2) is 12.1 Å². The number of carbonyl (C=O) groups is 3. The van der Waals surface area contributed by atoms with E-state index >= 15 is 0 Å². The number of nitrogens with zero attached hydrogens (tertiary/aromatic N) is 1. The second-order valence-electron chi connectivity index (χ2n) is 17.7. The number of carbonyl (C=O) groups excluding carboxylic acids is 2. The Hall–Kier alpha value is -2.71. The molecule has 0 rings (SSSR count). The third-order valence-corrected chi connectivity index (χ3v) is 11.0. The maximum absolute atomic E-state index is 12.8. The summed E-state index contributed by atoms with van der Waals surface area (Å²) in [5, 5.41) is 9.64. The van der Waals surface area contributed by atoms with Crippen molar-refractivity contribution in [3.63, 3.8) is 0 Å². The first-order valence-electron chi connectivity index (χ1n) is 24.7. The highest BCUT2D eigenvalue weighted by atomic mass is 16.6. The first-order valence-corrected chi connectivity index (χ1v) is 24.7. The van der Waals surface area contributed by atoms with Crippen LogP contribution in [-0.4, -0.2) is 80.6 Å². The molecular formula is C52H94NO7+. The second kappa shape index (κ2) is 43.0. The molecule has 348 valence electrons. The normalized spacial score (nSPS) is 13.3. The third-order valence-electron chi connectivity index (χ3n) is 11.0. The van der Waals surface area contributed by atoms with E-state index in [4.69, 9.17) is 14.2 Å². The van der Waals surface area contributed by atoms with E-state index in [0.29, 0.717) is 19.3 Å². The molecule has 0 aromatic heterocycles. The standard InChI is InChI=1S/C52H93NO7/c1-6-8-10-12-14-16-18-20-22-24-25-27-29-31-33-35-37-39-41-43-51(55)60-48(46-58-45-44-49(52(56)57)53(3,4)5)47-59-50(54)42-40-38-36-34-32-30-28-26-23-21-19-17-15-13-11-9-7-2/h15,17,21,23,28,30,34,36,48-49H,6-14,16,18-20,22,24-27,29,31-33,35,37-47H2,1-5H3/p+1/b17-15+,23-21+,30-28+,36-34+. The molecule has 0 bridgehead atoms. The van der Waals surface area contributed by atoms with Crippen LogP contribution >= 0.6 is 0 Å². The number of hydrogen-bond acceptors (Lipinski definition) is 6. The molecule has 0 aliphatic heterocycles. The van der Waals surface area contributed by atoms with Crippen LogP contribution in [0.2, 0.25) is 0 Å². The number of carboxylic acids is 1. The SMILES string of the molecule is CCCCC/C=C/C/C=C/C/C=C/C/C=C/CCCC(=O)OCC(COCCC(C(=O)O)[N+](C)(C)C)OC(=O)CCCCCCCCCCCCCCCCCCCCC. The number of carboxylic acid groups (broad SMARTS) is 1. The van der Waals surface area contributed by atoms with E-state index in [9.17, 15) is 19.5 Å². The minimum absolute atomic E-state index is 0.0456. The van der Waals surface area contributed by atoms with Crippen molar-refractivity contribution < 1.29 is 38.2 Å². The van der Waals surface area contributed by atoms with Gasteiger partial charge in [-0.15, -0.1) is 0 Å². The first kappa shape index (κ1) is 57.3. The van der Waals surface area contributed by atoms with Crippen molar-refractivity contribution in [2.24, 2.45) is 0 Å². The molecule has 0 saturated carbocycles. The van der Waals surface area contributed by atoms with Crippen LogP contribution in [0.4, 0.5) is 0 Å². The molecule has 8 nitrogen and oxygen atoms in total. The smallest absolute Gasteiger partial charge is 0.362 e. The van der Waals surface area contributed by atoms with E-state index in [2.05, 4.69) is 62.5 Å². The number of unbranched alkanes of at least 4 members (excludes halogenated alkanes) is 22. The molecule has 60 heavy (non-hydrogen) atoms. The fourth-order valence-electron chi connectivity index (χ4n) is 7.14. The summed E-state index contributed by atoms with van der Waals surface area (Å²) >= 11 is 0. The molecule has 0 aromatic carbocycles. The number of aliphatic carboxylic acids is 1. The van der Waals surface area contributed by atoms with E-state index < -0.39 is 18.1 Å². The summed E-state index contributed by atoms with van der Waals surface area (Å²) in [5.41, 5.74) is 0. The predicted molar refractivity (Wildman–Crippen MR) is 252 cm³/mol. The van der Waals surface area contributed by atoms with Crippen LogP contribution in [0.5, 0.6) is 0 Å². The highest BCUT2D eigenvalue weighted by Crippen LogP contribution is 2.16. The lowest BCUT2D eigenvalue weighted by atomic mass is 10.0. The topological polar surface area (TPSA) is 99.1 Å². The Balaban J connectivity index is 4.34. The molecule has 0 saturated heterocycles. The third kappa shape index (κ3) is 40.7. The van der Waals surface area contributed by atoms with Gasteiger partial charge in [0.1, 0.15) is 6.61 Å². The van der Waals surface area contributed by atoms with Gasteiger partial charge < -0.3 is 23.8 Å². The molecule has 0 fully saturated rings. The molecule has 0 aromatic rings. The molecule has 0 radical (unpaired) electrons. The highest BCUT2D eigenvalue weighted by molar-refractivity contribution is 5.72. The maximum Gasteiger partial charge on any atom is 0.362 e. The Kier molecular flexibility index (Phi) is 41.0. The van der Waals surface area contributed by atoms with Crippen molar-refractivity contribution in [3.05, 3.63) is 48.6 Å². The van der Waals surface area contributed by atoms with Gasteiger partial charge in [-0.25, -0.2) is 4.79 Å². The number of hydrogen-bond donors (Lipinski definition) is 1. The van der Waals surface area contributed by atoms with Gasteiger partial charge in [-0.3, -0.25) is 9.59 Å². The van der Waals surface area contributed by atoms with Gasteiger partial charge in [-0.05, 0) is 51.4 Å². The largest absolute Gasteiger partial charge is 0.477 e. The van der Waals surface area contributed by atoms with Crippen LogP contribution in [-0.2, 0) is 28.6 Å². The summed E-state index contributed by atoms with van der Waals surface area (Å²) in [6.07, 6.45) is 51.6. The van der Waals surface area contributed by atoms with Crippen LogP contribution < -0.4 is 0 Å². The van der Waals surface area contributed by atoms with Gasteiger partial charge in [0, 0.05) is 19.3 Å². The number of quaternary nitrogens is 1. The lowest BCUT2D eigenvalue weighted by Crippen LogP contribution is -2.50. The average Bonchev–Trinajstić information content (AvgIpc) is 3.21. The predicted octanol–water partition coefficient (Wildman–Crippen LogP) is 14.0. The Morgan fingerprint density at radius 3 is 1.35 bits per heavy atom. The quantitative estimate of drug-likeness (QED) is 0.0282. The molecule has 2 atom stereocenters. The molecule has 0 aliphatic carbocycles. The molecule has 0 aliphatic rings. The summed E-state index contributed by atoms with van der Waals surface area (Å²) in [4.78, 5) is 37.1. The van der Waals surface area contributed by atoms with Gasteiger partial charge in [-0.2, -0.15) is 0 Å². The van der Waals surface area contributed by atoms with E-state index in [1.807, 2.05) is 21.1 Å². The number of esters is 2. The fraction of sp³-hybridized carbons (Fsp3) is 0.788. The van der Waals surface area contributed by atoms with Gasteiger partial charge >= 0.3 is 17.9 Å². The van der Waals surface area contributed by atoms with Crippen LogP contribution in [0.3, 0.4) is 0 Å². The Bertz CT molecular complexity index is 1120. The van der Waals surface area contributed by atoms with Crippen molar-refractivity contribution in [1.29, 1.82) is 0 Å². The van der Waals surface area contributed by atoms with Crippen molar-refractivity contribution in [2.45, 2.75) is 225 Å². The van der Waals surface area contributed by atoms with Crippen molar-refractivity contribution in [3.8, 4) is 0 Å². The van der Waals surface area contributed by atoms with Crippen LogP contribution in [0.1, 0.15) is 213 Å². The number of ether oxygens (including phenoxy) is 3. The Labute approximate surface area is 369 Å². The molecule has 8 heteroatoms. The molecule has 0 heterocycles. The highest BCUT2D eigenvalue weighted by Gasteiger charge is 2.31. The van der Waals surface area contributed by atoms with Gasteiger partial charge in [0.2, 0.25) is 0 Å². The maximum atomic E-state index is 12.8. The van der Waals surface area contributed by atoms with E-state index in [-0.39, 0.29) is 42.7 Å². The number of likely N-dealkylation sites (N-methyl/N-ethyl adjacent to an activating group) is 1.